The third kappa shape index (κ3) is 6.19. The summed E-state index contributed by atoms with van der Waals surface area (Å²) in [5.74, 6) is 0.841. The van der Waals surface area contributed by atoms with Crippen molar-refractivity contribution < 1.29 is 9.53 Å². The predicted molar refractivity (Wildman–Crippen MR) is 123 cm³/mol. The number of nitrogens with zero attached hydrogens (tertiary/aromatic N) is 1. The Hall–Kier alpha value is -2.60. The van der Waals surface area contributed by atoms with Gasteiger partial charge in [-0.3, -0.25) is 10.1 Å². The van der Waals surface area contributed by atoms with E-state index in [1.165, 1.54) is 24.8 Å². The number of nitrogens with one attached hydrogen (secondary N) is 2. The van der Waals surface area contributed by atoms with E-state index in [9.17, 15) is 4.79 Å². The van der Waals surface area contributed by atoms with Gasteiger partial charge in [-0.15, -0.1) is 0 Å². The van der Waals surface area contributed by atoms with Crippen molar-refractivity contribution in [3.05, 3.63) is 54.1 Å². The summed E-state index contributed by atoms with van der Waals surface area (Å²) in [6, 6.07) is 15.8. The predicted octanol–water partition coefficient (Wildman–Crippen LogP) is 4.69. The van der Waals surface area contributed by atoms with Gasteiger partial charge in [-0.2, -0.15) is 0 Å². The summed E-state index contributed by atoms with van der Waals surface area (Å²) in [6.07, 6.45) is 3.68. The summed E-state index contributed by atoms with van der Waals surface area (Å²) in [5.41, 5.74) is 3.26. The molecule has 1 amide bonds. The monoisotopic (exact) mass is 411 g/mol. The molecule has 29 heavy (non-hydrogen) atoms. The zero-order valence-corrected chi connectivity index (χ0v) is 17.9. The summed E-state index contributed by atoms with van der Waals surface area (Å²) < 4.78 is 5.56. The Morgan fingerprint density at radius 2 is 1.76 bits per heavy atom. The van der Waals surface area contributed by atoms with Crippen molar-refractivity contribution in [2.45, 2.75) is 39.0 Å². The second kappa shape index (κ2) is 10.3. The van der Waals surface area contributed by atoms with Crippen LogP contribution in [0.15, 0.2) is 48.5 Å². The molecule has 3 rings (SSSR count). The maximum atomic E-state index is 12.2. The zero-order valence-electron chi connectivity index (χ0n) is 17.1. The number of ether oxygens (including phenoxy) is 1. The van der Waals surface area contributed by atoms with Gasteiger partial charge in [0.1, 0.15) is 5.75 Å². The Balaban J connectivity index is 1.51. The number of amides is 1. The Bertz CT molecular complexity index is 830. The van der Waals surface area contributed by atoms with Crippen LogP contribution in [0.1, 0.15) is 44.6 Å². The number of benzene rings is 2. The molecule has 2 aromatic rings. The number of hydrogen-bond acceptors (Lipinski definition) is 4. The fraction of sp³-hybridized carbons (Fsp3) is 0.391. The first-order valence-electron chi connectivity index (χ1n) is 10.2. The maximum Gasteiger partial charge on any atom is 0.264 e. The normalized spacial score (nSPS) is 13.8. The molecule has 0 bridgehead atoms. The maximum absolute atomic E-state index is 12.2. The van der Waals surface area contributed by atoms with Crippen LogP contribution in [0.4, 0.5) is 11.4 Å². The van der Waals surface area contributed by atoms with Crippen LogP contribution in [0.25, 0.3) is 0 Å². The highest BCUT2D eigenvalue weighted by Crippen LogP contribution is 2.28. The molecule has 0 aliphatic carbocycles. The van der Waals surface area contributed by atoms with E-state index < -0.39 is 0 Å². The highest BCUT2D eigenvalue weighted by molar-refractivity contribution is 7.80. The Morgan fingerprint density at radius 3 is 2.45 bits per heavy atom. The topological polar surface area (TPSA) is 53.6 Å². The van der Waals surface area contributed by atoms with E-state index in [2.05, 4.69) is 35.4 Å². The molecule has 0 spiro atoms. The lowest BCUT2D eigenvalue weighted by Crippen LogP contribution is -2.38. The first-order chi connectivity index (χ1) is 14.0. The van der Waals surface area contributed by atoms with Crippen LogP contribution in [0, 0.1) is 0 Å². The van der Waals surface area contributed by atoms with Crippen LogP contribution in [0.2, 0.25) is 0 Å². The number of hydrogen-bond donors (Lipinski definition) is 2. The fourth-order valence-electron chi connectivity index (χ4n) is 3.40. The Morgan fingerprint density at radius 1 is 1.07 bits per heavy atom. The van der Waals surface area contributed by atoms with Crippen molar-refractivity contribution in [1.29, 1.82) is 0 Å². The number of piperidine rings is 1. The van der Waals surface area contributed by atoms with Gasteiger partial charge in [0.05, 0.1) is 11.4 Å². The fourth-order valence-corrected chi connectivity index (χ4v) is 3.63. The molecule has 1 saturated heterocycles. The summed E-state index contributed by atoms with van der Waals surface area (Å²) in [4.78, 5) is 14.6. The molecule has 1 aliphatic heterocycles. The first kappa shape index (κ1) is 21.1. The Kier molecular flexibility index (Phi) is 7.47. The average molecular weight is 412 g/mol. The standard InChI is InChI=1S/C23H29N3O2S/c1-17(2)18-10-12-19(13-11-18)28-16-22(27)25-23(29)24-20-8-4-5-9-21(20)26-14-6-3-7-15-26/h4-5,8-13,17H,3,6-7,14-16H2,1-2H3,(H2,24,25,27,29). The molecular weight excluding hydrogens is 382 g/mol. The molecule has 0 unspecified atom stereocenters. The second-order valence-electron chi connectivity index (χ2n) is 7.58. The number of anilines is 2. The molecule has 1 fully saturated rings. The van der Waals surface area contributed by atoms with Crippen molar-refractivity contribution in [2.75, 3.05) is 29.9 Å². The van der Waals surface area contributed by atoms with E-state index >= 15 is 0 Å². The minimum Gasteiger partial charge on any atom is -0.484 e. The van der Waals surface area contributed by atoms with Crippen LogP contribution >= 0.6 is 12.2 Å². The van der Waals surface area contributed by atoms with E-state index in [0.29, 0.717) is 11.7 Å². The van der Waals surface area contributed by atoms with Gasteiger partial charge in [0.2, 0.25) is 0 Å². The van der Waals surface area contributed by atoms with Gasteiger partial charge in [-0.25, -0.2) is 0 Å². The zero-order chi connectivity index (χ0) is 20.6. The Labute approximate surface area is 178 Å². The van der Waals surface area contributed by atoms with E-state index in [1.807, 2.05) is 42.5 Å². The van der Waals surface area contributed by atoms with Gasteiger partial charge in [-0.1, -0.05) is 38.1 Å². The van der Waals surface area contributed by atoms with Crippen LogP contribution < -0.4 is 20.3 Å². The van der Waals surface area contributed by atoms with Gasteiger partial charge in [0.25, 0.3) is 5.91 Å². The highest BCUT2D eigenvalue weighted by Gasteiger charge is 2.15. The largest absolute Gasteiger partial charge is 0.484 e. The quantitative estimate of drug-likeness (QED) is 0.675. The highest BCUT2D eigenvalue weighted by atomic mass is 32.1. The van der Waals surface area contributed by atoms with Gasteiger partial charge in [0.15, 0.2) is 11.7 Å². The van der Waals surface area contributed by atoms with E-state index in [0.717, 1.165) is 24.5 Å². The van der Waals surface area contributed by atoms with Crippen LogP contribution in [-0.4, -0.2) is 30.7 Å². The molecule has 0 aromatic heterocycles. The van der Waals surface area contributed by atoms with Crippen molar-refractivity contribution in [3.63, 3.8) is 0 Å². The second-order valence-corrected chi connectivity index (χ2v) is 7.99. The number of carbonyl (C=O) groups excluding carboxylic acids is 1. The minimum absolute atomic E-state index is 0.0867. The molecule has 6 heteroatoms. The molecule has 0 saturated carbocycles. The van der Waals surface area contributed by atoms with Crippen LogP contribution in [0.5, 0.6) is 5.75 Å². The van der Waals surface area contributed by atoms with Crippen LogP contribution in [-0.2, 0) is 4.79 Å². The first-order valence-corrected chi connectivity index (χ1v) is 10.6. The number of rotatable bonds is 6. The molecule has 1 heterocycles. The summed E-state index contributed by atoms with van der Waals surface area (Å²) in [7, 11) is 0. The molecule has 154 valence electrons. The third-order valence-corrected chi connectivity index (χ3v) is 5.22. The number of carbonyl (C=O) groups is 1. The summed E-state index contributed by atoms with van der Waals surface area (Å²) in [6.45, 7) is 6.28. The van der Waals surface area contributed by atoms with Gasteiger partial charge in [-0.05, 0) is 67.2 Å². The van der Waals surface area contributed by atoms with Gasteiger partial charge in [0, 0.05) is 13.1 Å². The van der Waals surface area contributed by atoms with E-state index in [4.69, 9.17) is 17.0 Å². The van der Waals surface area contributed by atoms with Gasteiger partial charge < -0.3 is 15.0 Å². The number of thiocarbonyl (C=S) groups is 1. The molecule has 2 aromatic carbocycles. The summed E-state index contributed by atoms with van der Waals surface area (Å²) in [5, 5.41) is 6.13. The molecule has 0 radical (unpaired) electrons. The lowest BCUT2D eigenvalue weighted by Gasteiger charge is -2.30. The summed E-state index contributed by atoms with van der Waals surface area (Å²) >= 11 is 5.33. The average Bonchev–Trinajstić information content (AvgIpc) is 2.73. The molecule has 1 aliphatic rings. The van der Waals surface area contributed by atoms with Crippen molar-refractivity contribution >= 4 is 34.6 Å². The molecular formula is C23H29N3O2S. The SMILES string of the molecule is CC(C)c1ccc(OCC(=O)NC(=S)Nc2ccccc2N2CCCCC2)cc1. The van der Waals surface area contributed by atoms with E-state index in [-0.39, 0.29) is 17.6 Å². The minimum atomic E-state index is -0.286. The van der Waals surface area contributed by atoms with Crippen molar-refractivity contribution in [3.8, 4) is 5.75 Å². The van der Waals surface area contributed by atoms with Crippen molar-refractivity contribution in [2.24, 2.45) is 0 Å². The number of para-hydroxylation sites is 2. The third-order valence-electron chi connectivity index (χ3n) is 5.02. The van der Waals surface area contributed by atoms with E-state index in [1.54, 1.807) is 0 Å². The lowest BCUT2D eigenvalue weighted by atomic mass is 10.0. The smallest absolute Gasteiger partial charge is 0.264 e. The lowest BCUT2D eigenvalue weighted by molar-refractivity contribution is -0.121. The van der Waals surface area contributed by atoms with Gasteiger partial charge >= 0.3 is 0 Å². The van der Waals surface area contributed by atoms with Crippen LogP contribution in [0.3, 0.4) is 0 Å². The van der Waals surface area contributed by atoms with Crippen molar-refractivity contribution in [1.82, 2.24) is 5.32 Å². The molecule has 0 atom stereocenters. The molecule has 2 N–H and O–H groups in total. The molecule has 5 nitrogen and oxygen atoms in total.